The maximum Gasteiger partial charge on any atom is 0.255 e. The summed E-state index contributed by atoms with van der Waals surface area (Å²) in [6.07, 6.45) is 9.72. The molecule has 2 aliphatic carbocycles. The number of hydrogen-bond acceptors (Lipinski definition) is 4. The molecule has 0 unspecified atom stereocenters. The van der Waals surface area contributed by atoms with Crippen LogP contribution in [0.5, 0.6) is 0 Å². The van der Waals surface area contributed by atoms with Crippen LogP contribution in [0.25, 0.3) is 0 Å². The van der Waals surface area contributed by atoms with E-state index in [1.54, 1.807) is 0 Å². The second-order valence-corrected chi connectivity index (χ2v) is 7.67. The number of hydrogen-bond donors (Lipinski definition) is 1. The van der Waals surface area contributed by atoms with Gasteiger partial charge in [0.1, 0.15) is 0 Å². The first kappa shape index (κ1) is 16.6. The van der Waals surface area contributed by atoms with Gasteiger partial charge in [0.2, 0.25) is 11.9 Å². The number of anilines is 1. The molecule has 0 radical (unpaired) electrons. The third-order valence-electron chi connectivity index (χ3n) is 6.02. The monoisotopic (exact) mass is 344 g/mol. The molecule has 0 aromatic carbocycles. The molecule has 0 atom stereocenters. The highest BCUT2D eigenvalue weighted by Gasteiger charge is 2.29. The molecule has 6 nitrogen and oxygen atoms in total. The second kappa shape index (κ2) is 7.18. The average molecular weight is 344 g/mol. The van der Waals surface area contributed by atoms with Crippen LogP contribution < -0.4 is 10.5 Å². The van der Waals surface area contributed by atoms with Crippen LogP contribution in [0.15, 0.2) is 4.79 Å². The maximum atomic E-state index is 12.7. The van der Waals surface area contributed by atoms with Crippen molar-refractivity contribution in [3.63, 3.8) is 0 Å². The van der Waals surface area contributed by atoms with E-state index in [-0.39, 0.29) is 11.5 Å². The molecule has 25 heavy (non-hydrogen) atoms. The van der Waals surface area contributed by atoms with Crippen LogP contribution in [0.2, 0.25) is 0 Å². The number of piperazine rings is 1. The van der Waals surface area contributed by atoms with Gasteiger partial charge < -0.3 is 9.80 Å². The predicted molar refractivity (Wildman–Crippen MR) is 96.9 cm³/mol. The van der Waals surface area contributed by atoms with Gasteiger partial charge in [-0.25, -0.2) is 4.98 Å². The number of H-pyrrole nitrogens is 1. The zero-order chi connectivity index (χ0) is 17.2. The molecular weight excluding hydrogens is 316 g/mol. The lowest BCUT2D eigenvalue weighted by atomic mass is 9.88. The van der Waals surface area contributed by atoms with E-state index >= 15 is 0 Å². The molecule has 1 N–H and O–H groups in total. The fraction of sp³-hybridized carbons (Fsp3) is 0.737. The molecule has 2 fully saturated rings. The number of aryl methyl sites for hydroxylation is 1. The zero-order valence-corrected chi connectivity index (χ0v) is 14.9. The Morgan fingerprint density at radius 2 is 1.68 bits per heavy atom. The molecule has 0 spiro atoms. The summed E-state index contributed by atoms with van der Waals surface area (Å²) >= 11 is 0. The normalized spacial score (nSPS) is 21.9. The first-order valence-electron chi connectivity index (χ1n) is 9.88. The van der Waals surface area contributed by atoms with Gasteiger partial charge in [0.15, 0.2) is 0 Å². The van der Waals surface area contributed by atoms with E-state index in [4.69, 9.17) is 4.98 Å². The summed E-state index contributed by atoms with van der Waals surface area (Å²) in [5.74, 6) is 1.27. The third kappa shape index (κ3) is 3.44. The van der Waals surface area contributed by atoms with E-state index in [0.29, 0.717) is 11.9 Å². The Balaban J connectivity index is 1.41. The Morgan fingerprint density at radius 3 is 2.44 bits per heavy atom. The lowest BCUT2D eigenvalue weighted by molar-refractivity contribution is -0.136. The van der Waals surface area contributed by atoms with Crippen LogP contribution in [0.4, 0.5) is 5.95 Å². The summed E-state index contributed by atoms with van der Waals surface area (Å²) in [6.45, 7) is 2.96. The largest absolute Gasteiger partial charge is 0.339 e. The van der Waals surface area contributed by atoms with Crippen molar-refractivity contribution in [1.82, 2.24) is 14.9 Å². The number of nitrogens with zero attached hydrogens (tertiary/aromatic N) is 3. The minimum atomic E-state index is 0.0282. The van der Waals surface area contributed by atoms with Crippen molar-refractivity contribution in [2.75, 3.05) is 31.1 Å². The molecule has 1 saturated heterocycles. The Kier molecular flexibility index (Phi) is 4.77. The van der Waals surface area contributed by atoms with Crippen LogP contribution in [0, 0.1) is 5.92 Å². The van der Waals surface area contributed by atoms with Gasteiger partial charge >= 0.3 is 0 Å². The Bertz CT molecular complexity index is 685. The standard InChI is InChI=1S/C19H28N4O2/c24-17-15-8-4-5-9-16(15)20-19(21-17)23-12-10-22(11-13-23)18(25)14-6-2-1-3-7-14/h14H,1-13H2,(H,20,21,24). The number of amides is 1. The van der Waals surface area contributed by atoms with Gasteiger partial charge in [-0.05, 0) is 38.5 Å². The fourth-order valence-corrected chi connectivity index (χ4v) is 4.49. The maximum absolute atomic E-state index is 12.7. The average Bonchev–Trinajstić information content (AvgIpc) is 2.68. The van der Waals surface area contributed by atoms with Gasteiger partial charge in [-0.15, -0.1) is 0 Å². The summed E-state index contributed by atoms with van der Waals surface area (Å²) in [6, 6.07) is 0. The van der Waals surface area contributed by atoms with E-state index in [1.807, 2.05) is 4.90 Å². The highest BCUT2D eigenvalue weighted by Crippen LogP contribution is 2.26. The summed E-state index contributed by atoms with van der Waals surface area (Å²) < 4.78 is 0. The van der Waals surface area contributed by atoms with Crippen molar-refractivity contribution >= 4 is 11.9 Å². The SMILES string of the molecule is O=C(C1CCCCC1)N1CCN(c2nc3c(c(=O)[nH]2)CCCC3)CC1. The highest BCUT2D eigenvalue weighted by molar-refractivity contribution is 5.79. The lowest BCUT2D eigenvalue weighted by Crippen LogP contribution is -2.51. The van der Waals surface area contributed by atoms with Crippen molar-refractivity contribution in [3.8, 4) is 0 Å². The Labute approximate surface area is 148 Å². The molecule has 2 heterocycles. The number of nitrogens with one attached hydrogen (secondary N) is 1. The van der Waals surface area contributed by atoms with E-state index in [2.05, 4.69) is 9.88 Å². The second-order valence-electron chi connectivity index (χ2n) is 7.67. The number of carbonyl (C=O) groups is 1. The van der Waals surface area contributed by atoms with E-state index in [0.717, 1.165) is 76.0 Å². The van der Waals surface area contributed by atoms with Crippen molar-refractivity contribution in [2.24, 2.45) is 5.92 Å². The third-order valence-corrected chi connectivity index (χ3v) is 6.02. The topological polar surface area (TPSA) is 69.3 Å². The van der Waals surface area contributed by atoms with Crippen molar-refractivity contribution in [3.05, 3.63) is 21.6 Å². The molecular formula is C19H28N4O2. The zero-order valence-electron chi connectivity index (χ0n) is 14.9. The molecule has 1 saturated carbocycles. The highest BCUT2D eigenvalue weighted by atomic mass is 16.2. The minimum Gasteiger partial charge on any atom is -0.339 e. The molecule has 4 rings (SSSR count). The Morgan fingerprint density at radius 1 is 0.960 bits per heavy atom. The molecule has 0 bridgehead atoms. The minimum absolute atomic E-state index is 0.0282. The first-order valence-corrected chi connectivity index (χ1v) is 9.88. The molecule has 1 aromatic rings. The van der Waals surface area contributed by atoms with Gasteiger partial charge in [0.05, 0.1) is 5.69 Å². The van der Waals surface area contributed by atoms with Crippen LogP contribution in [0.3, 0.4) is 0 Å². The number of fused-ring (bicyclic) bond motifs is 1. The first-order chi connectivity index (χ1) is 12.2. The van der Waals surface area contributed by atoms with E-state index < -0.39 is 0 Å². The molecule has 1 aliphatic heterocycles. The molecule has 6 heteroatoms. The van der Waals surface area contributed by atoms with Crippen LogP contribution >= 0.6 is 0 Å². The fourth-order valence-electron chi connectivity index (χ4n) is 4.49. The summed E-state index contributed by atoms with van der Waals surface area (Å²) in [5.41, 5.74) is 1.88. The summed E-state index contributed by atoms with van der Waals surface area (Å²) in [4.78, 5) is 36.8. The van der Waals surface area contributed by atoms with Gasteiger partial charge in [-0.3, -0.25) is 14.6 Å². The molecule has 3 aliphatic rings. The molecule has 1 amide bonds. The predicted octanol–water partition coefficient (Wildman–Crippen LogP) is 1.88. The number of carbonyl (C=O) groups excluding carboxylic acids is 1. The van der Waals surface area contributed by atoms with Gasteiger partial charge in [-0.1, -0.05) is 19.3 Å². The number of aromatic amines is 1. The van der Waals surface area contributed by atoms with Crippen LogP contribution in [0.1, 0.15) is 56.2 Å². The van der Waals surface area contributed by atoms with Crippen molar-refractivity contribution < 1.29 is 4.79 Å². The van der Waals surface area contributed by atoms with Crippen molar-refractivity contribution in [2.45, 2.75) is 57.8 Å². The van der Waals surface area contributed by atoms with Gasteiger partial charge in [0, 0.05) is 37.7 Å². The lowest BCUT2D eigenvalue weighted by Gasteiger charge is -2.37. The number of rotatable bonds is 2. The van der Waals surface area contributed by atoms with Crippen LogP contribution in [-0.4, -0.2) is 47.0 Å². The molecule has 1 aromatic heterocycles. The summed E-state index contributed by atoms with van der Waals surface area (Å²) in [5, 5.41) is 0. The molecule has 136 valence electrons. The number of aromatic nitrogens is 2. The van der Waals surface area contributed by atoms with Crippen molar-refractivity contribution in [1.29, 1.82) is 0 Å². The van der Waals surface area contributed by atoms with Gasteiger partial charge in [-0.2, -0.15) is 0 Å². The summed E-state index contributed by atoms with van der Waals surface area (Å²) in [7, 11) is 0. The quantitative estimate of drug-likeness (QED) is 0.889. The van der Waals surface area contributed by atoms with Gasteiger partial charge in [0.25, 0.3) is 5.56 Å². The smallest absolute Gasteiger partial charge is 0.255 e. The Hall–Kier alpha value is -1.85. The van der Waals surface area contributed by atoms with Crippen LogP contribution in [-0.2, 0) is 17.6 Å². The van der Waals surface area contributed by atoms with E-state index in [9.17, 15) is 9.59 Å². The van der Waals surface area contributed by atoms with E-state index in [1.165, 1.54) is 19.3 Å².